The van der Waals surface area contributed by atoms with Crippen molar-refractivity contribution < 1.29 is 9.53 Å². The van der Waals surface area contributed by atoms with E-state index in [0.29, 0.717) is 26.3 Å². The van der Waals surface area contributed by atoms with Crippen molar-refractivity contribution in [2.75, 3.05) is 26.3 Å². The highest BCUT2D eigenvalue weighted by molar-refractivity contribution is 7.98. The van der Waals surface area contributed by atoms with Crippen molar-refractivity contribution in [3.8, 4) is 0 Å². The van der Waals surface area contributed by atoms with Crippen LogP contribution in [-0.4, -0.2) is 52.3 Å². The van der Waals surface area contributed by atoms with Gasteiger partial charge in [0.15, 0.2) is 5.16 Å². The third-order valence-electron chi connectivity index (χ3n) is 3.27. The van der Waals surface area contributed by atoms with Crippen LogP contribution in [0.5, 0.6) is 0 Å². The molecule has 0 unspecified atom stereocenters. The second-order valence-corrected chi connectivity index (χ2v) is 5.64. The van der Waals surface area contributed by atoms with Crippen LogP contribution in [0.4, 0.5) is 0 Å². The molecular weight excluding hydrogens is 288 g/mol. The Morgan fingerprint density at radius 3 is 2.71 bits per heavy atom. The number of aromatic nitrogens is 3. The number of rotatable bonds is 4. The van der Waals surface area contributed by atoms with Crippen molar-refractivity contribution in [2.45, 2.75) is 10.9 Å². The Kier molecular flexibility index (Phi) is 4.52. The van der Waals surface area contributed by atoms with Crippen molar-refractivity contribution in [3.05, 3.63) is 41.7 Å². The average molecular weight is 304 g/mol. The molecule has 1 aromatic carbocycles. The van der Waals surface area contributed by atoms with Crippen LogP contribution in [0.2, 0.25) is 0 Å². The molecule has 0 atom stereocenters. The van der Waals surface area contributed by atoms with E-state index in [9.17, 15) is 4.79 Å². The van der Waals surface area contributed by atoms with Crippen LogP contribution in [0.3, 0.4) is 0 Å². The Bertz CT molecular complexity index is 580. The SMILES string of the molecule is O=C(c1ccc(CSc2ncn[nH]2)cc1)N1CCOCC1. The van der Waals surface area contributed by atoms with E-state index in [1.165, 1.54) is 6.33 Å². The summed E-state index contributed by atoms with van der Waals surface area (Å²) >= 11 is 1.58. The molecule has 110 valence electrons. The van der Waals surface area contributed by atoms with Crippen LogP contribution in [0, 0.1) is 0 Å². The van der Waals surface area contributed by atoms with Gasteiger partial charge < -0.3 is 9.64 Å². The summed E-state index contributed by atoms with van der Waals surface area (Å²) in [5.74, 6) is 0.869. The van der Waals surface area contributed by atoms with E-state index < -0.39 is 0 Å². The van der Waals surface area contributed by atoms with Crippen molar-refractivity contribution >= 4 is 17.7 Å². The molecule has 6 nitrogen and oxygen atoms in total. The van der Waals surface area contributed by atoms with Gasteiger partial charge in [0.1, 0.15) is 6.33 Å². The zero-order chi connectivity index (χ0) is 14.5. The predicted octanol–water partition coefficient (Wildman–Crippen LogP) is 1.57. The van der Waals surface area contributed by atoms with Gasteiger partial charge in [-0.25, -0.2) is 4.98 Å². The number of benzene rings is 1. The highest BCUT2D eigenvalue weighted by Gasteiger charge is 2.18. The van der Waals surface area contributed by atoms with E-state index >= 15 is 0 Å². The second kappa shape index (κ2) is 6.73. The molecular formula is C14H16N4O2S. The van der Waals surface area contributed by atoms with Gasteiger partial charge in [0.05, 0.1) is 13.2 Å². The molecule has 0 bridgehead atoms. The van der Waals surface area contributed by atoms with Gasteiger partial charge in [0.25, 0.3) is 5.91 Å². The lowest BCUT2D eigenvalue weighted by Gasteiger charge is -2.26. The molecule has 1 amide bonds. The first-order valence-corrected chi connectivity index (χ1v) is 7.75. The summed E-state index contributed by atoms with van der Waals surface area (Å²) in [6.45, 7) is 2.58. The Morgan fingerprint density at radius 1 is 1.29 bits per heavy atom. The lowest BCUT2D eigenvalue weighted by molar-refractivity contribution is 0.0303. The third kappa shape index (κ3) is 3.62. The highest BCUT2D eigenvalue weighted by Crippen LogP contribution is 2.19. The normalized spacial score (nSPS) is 15.1. The summed E-state index contributed by atoms with van der Waals surface area (Å²) < 4.78 is 5.26. The molecule has 1 N–H and O–H groups in total. The molecule has 1 saturated heterocycles. The number of thioether (sulfide) groups is 1. The van der Waals surface area contributed by atoms with Gasteiger partial charge in [0.2, 0.25) is 0 Å². The fraction of sp³-hybridized carbons (Fsp3) is 0.357. The second-order valence-electron chi connectivity index (χ2n) is 4.68. The minimum Gasteiger partial charge on any atom is -0.378 e. The first-order valence-electron chi connectivity index (χ1n) is 6.77. The third-order valence-corrected chi connectivity index (χ3v) is 4.22. The van der Waals surface area contributed by atoms with E-state index in [-0.39, 0.29) is 5.91 Å². The number of nitrogens with one attached hydrogen (secondary N) is 1. The molecule has 1 aliphatic heterocycles. The highest BCUT2D eigenvalue weighted by atomic mass is 32.2. The summed E-state index contributed by atoms with van der Waals surface area (Å²) in [5.41, 5.74) is 1.88. The van der Waals surface area contributed by atoms with Gasteiger partial charge in [-0.15, -0.1) is 0 Å². The molecule has 2 heterocycles. The van der Waals surface area contributed by atoms with Crippen LogP contribution in [0.15, 0.2) is 35.7 Å². The number of carbonyl (C=O) groups excluding carboxylic acids is 1. The summed E-state index contributed by atoms with van der Waals surface area (Å²) in [6, 6.07) is 7.73. The van der Waals surface area contributed by atoms with E-state index in [0.717, 1.165) is 22.0 Å². The van der Waals surface area contributed by atoms with Crippen molar-refractivity contribution in [3.63, 3.8) is 0 Å². The first kappa shape index (κ1) is 14.1. The topological polar surface area (TPSA) is 71.1 Å². The monoisotopic (exact) mass is 304 g/mol. The molecule has 0 saturated carbocycles. The maximum absolute atomic E-state index is 12.3. The molecule has 2 aromatic rings. The number of nitrogens with zero attached hydrogens (tertiary/aromatic N) is 3. The fourth-order valence-corrected chi connectivity index (χ4v) is 2.84. The average Bonchev–Trinajstić information content (AvgIpc) is 3.07. The van der Waals surface area contributed by atoms with E-state index in [4.69, 9.17) is 4.74 Å². The molecule has 1 fully saturated rings. The van der Waals surface area contributed by atoms with E-state index in [1.54, 1.807) is 11.8 Å². The van der Waals surface area contributed by atoms with Gasteiger partial charge in [-0.3, -0.25) is 9.89 Å². The van der Waals surface area contributed by atoms with Gasteiger partial charge in [-0.1, -0.05) is 23.9 Å². The number of ether oxygens (including phenoxy) is 1. The summed E-state index contributed by atoms with van der Waals surface area (Å²) in [7, 11) is 0. The van der Waals surface area contributed by atoms with Crippen LogP contribution in [0.25, 0.3) is 0 Å². The van der Waals surface area contributed by atoms with Gasteiger partial charge in [0, 0.05) is 24.4 Å². The van der Waals surface area contributed by atoms with Crippen molar-refractivity contribution in [2.24, 2.45) is 0 Å². The zero-order valence-electron chi connectivity index (χ0n) is 11.5. The minimum absolute atomic E-state index is 0.0766. The number of H-pyrrole nitrogens is 1. The number of hydrogen-bond donors (Lipinski definition) is 1. The zero-order valence-corrected chi connectivity index (χ0v) is 12.3. The van der Waals surface area contributed by atoms with Gasteiger partial charge in [-0.2, -0.15) is 5.10 Å². The fourth-order valence-electron chi connectivity index (χ4n) is 2.11. The number of aromatic amines is 1. The lowest BCUT2D eigenvalue weighted by Crippen LogP contribution is -2.40. The van der Waals surface area contributed by atoms with Gasteiger partial charge >= 0.3 is 0 Å². The summed E-state index contributed by atoms with van der Waals surface area (Å²) in [4.78, 5) is 18.2. The van der Waals surface area contributed by atoms with E-state index in [2.05, 4.69) is 15.2 Å². The minimum atomic E-state index is 0.0766. The maximum Gasteiger partial charge on any atom is 0.254 e. The predicted molar refractivity (Wildman–Crippen MR) is 79.1 cm³/mol. The first-order chi connectivity index (χ1) is 10.3. The molecule has 1 aromatic heterocycles. The Labute approximate surface area is 126 Å². The standard InChI is InChI=1S/C14H16N4O2S/c19-13(18-5-7-20-8-6-18)12-3-1-11(2-4-12)9-21-14-15-10-16-17-14/h1-4,10H,5-9H2,(H,15,16,17). The quantitative estimate of drug-likeness (QED) is 0.868. The molecule has 7 heteroatoms. The number of hydrogen-bond acceptors (Lipinski definition) is 5. The smallest absolute Gasteiger partial charge is 0.254 e. The Morgan fingerprint density at radius 2 is 2.05 bits per heavy atom. The summed E-state index contributed by atoms with van der Waals surface area (Å²) in [6.07, 6.45) is 1.49. The molecule has 3 rings (SSSR count). The number of amides is 1. The van der Waals surface area contributed by atoms with Crippen LogP contribution >= 0.6 is 11.8 Å². The Hall–Kier alpha value is -1.86. The van der Waals surface area contributed by atoms with E-state index in [1.807, 2.05) is 29.2 Å². The number of carbonyl (C=O) groups is 1. The van der Waals surface area contributed by atoms with Crippen LogP contribution < -0.4 is 0 Å². The molecule has 21 heavy (non-hydrogen) atoms. The number of morpholine rings is 1. The molecule has 0 aliphatic carbocycles. The Balaban J connectivity index is 1.59. The van der Waals surface area contributed by atoms with Crippen LogP contribution in [-0.2, 0) is 10.5 Å². The van der Waals surface area contributed by atoms with Gasteiger partial charge in [-0.05, 0) is 17.7 Å². The lowest BCUT2D eigenvalue weighted by atomic mass is 10.1. The molecule has 0 radical (unpaired) electrons. The van der Waals surface area contributed by atoms with Crippen LogP contribution in [0.1, 0.15) is 15.9 Å². The largest absolute Gasteiger partial charge is 0.378 e. The van der Waals surface area contributed by atoms with Crippen molar-refractivity contribution in [1.82, 2.24) is 20.1 Å². The maximum atomic E-state index is 12.3. The molecule has 0 spiro atoms. The van der Waals surface area contributed by atoms with Crippen molar-refractivity contribution in [1.29, 1.82) is 0 Å². The molecule has 1 aliphatic rings. The summed E-state index contributed by atoms with van der Waals surface area (Å²) in [5, 5.41) is 7.41.